The summed E-state index contributed by atoms with van der Waals surface area (Å²) >= 11 is 1.77. The van der Waals surface area contributed by atoms with Crippen LogP contribution in [0.15, 0.2) is 35.6 Å². The van der Waals surface area contributed by atoms with Gasteiger partial charge in [-0.2, -0.15) is 0 Å². The Bertz CT molecular complexity index is 747. The molecule has 1 aromatic heterocycles. The van der Waals surface area contributed by atoms with Crippen molar-refractivity contribution in [2.45, 2.75) is 30.6 Å². The van der Waals surface area contributed by atoms with E-state index in [1.54, 1.807) is 11.8 Å². The van der Waals surface area contributed by atoms with Crippen LogP contribution in [0.2, 0.25) is 0 Å². The number of fused-ring (bicyclic) bond motifs is 1. The fraction of sp³-hybridized carbons (Fsp3) is 0.312. The van der Waals surface area contributed by atoms with Crippen LogP contribution in [-0.4, -0.2) is 33.2 Å². The molecule has 118 valence electrons. The molecule has 0 radical (unpaired) electrons. The van der Waals surface area contributed by atoms with Crippen molar-refractivity contribution in [1.29, 1.82) is 0 Å². The first-order chi connectivity index (χ1) is 11.2. The van der Waals surface area contributed by atoms with E-state index in [9.17, 15) is 9.59 Å². The topological polar surface area (TPSA) is 76.0 Å². The molecule has 3 heterocycles. The van der Waals surface area contributed by atoms with Gasteiger partial charge in [0.05, 0.1) is 5.69 Å². The lowest BCUT2D eigenvalue weighted by Gasteiger charge is -2.11. The molecule has 0 unspecified atom stereocenters. The minimum Gasteiger partial charge on any atom is -0.344 e. The highest BCUT2D eigenvalue weighted by atomic mass is 32.2. The number of hydrogen-bond donors (Lipinski definition) is 2. The highest BCUT2D eigenvalue weighted by Gasteiger charge is 2.27. The molecule has 7 heteroatoms. The predicted octanol–water partition coefficient (Wildman–Crippen LogP) is 1.87. The second kappa shape index (κ2) is 5.73. The van der Waals surface area contributed by atoms with Crippen LogP contribution < -0.4 is 10.6 Å². The molecular weight excluding hydrogens is 312 g/mol. The van der Waals surface area contributed by atoms with Crippen molar-refractivity contribution in [3.8, 4) is 11.3 Å². The van der Waals surface area contributed by atoms with Gasteiger partial charge in [0, 0.05) is 36.2 Å². The van der Waals surface area contributed by atoms with Crippen LogP contribution in [0, 0.1) is 0 Å². The molecule has 0 saturated carbocycles. The van der Waals surface area contributed by atoms with Crippen LogP contribution in [0.5, 0.6) is 0 Å². The van der Waals surface area contributed by atoms with Crippen LogP contribution >= 0.6 is 11.8 Å². The van der Waals surface area contributed by atoms with Gasteiger partial charge in [0.15, 0.2) is 5.16 Å². The first-order valence-electron chi connectivity index (χ1n) is 7.60. The molecule has 2 N–H and O–H groups in total. The summed E-state index contributed by atoms with van der Waals surface area (Å²) in [6.07, 6.45) is 3.04. The maximum absolute atomic E-state index is 12.1. The Labute approximate surface area is 137 Å². The number of aromatic nitrogens is 2. The molecule has 0 aliphatic carbocycles. The number of amides is 2. The molecule has 1 atom stereocenters. The van der Waals surface area contributed by atoms with Crippen molar-refractivity contribution in [1.82, 2.24) is 14.9 Å². The van der Waals surface area contributed by atoms with E-state index in [0.29, 0.717) is 12.8 Å². The highest BCUT2D eigenvalue weighted by molar-refractivity contribution is 7.99. The summed E-state index contributed by atoms with van der Waals surface area (Å²) in [6, 6.07) is 7.20. The van der Waals surface area contributed by atoms with E-state index >= 15 is 0 Å². The number of hydrogen-bond acceptors (Lipinski definition) is 4. The zero-order chi connectivity index (χ0) is 15.8. The average molecular weight is 328 g/mol. The van der Waals surface area contributed by atoms with Crippen molar-refractivity contribution in [2.24, 2.45) is 0 Å². The van der Waals surface area contributed by atoms with E-state index in [0.717, 1.165) is 34.4 Å². The van der Waals surface area contributed by atoms with Crippen LogP contribution in [0.4, 0.5) is 5.69 Å². The standard InChI is InChI=1S/C16H16N4O2S/c21-14-6-5-12(18-14)15(22)17-11-3-1-10(2-4-11)13-9-20-7-8-23-16(20)19-13/h1-4,9,12H,5-8H2,(H,17,22)(H,18,21)/t12-/m0/s1. The number of carbonyl (C=O) groups excluding carboxylic acids is 2. The molecule has 0 spiro atoms. The fourth-order valence-corrected chi connectivity index (χ4v) is 3.76. The van der Waals surface area contributed by atoms with Crippen LogP contribution in [0.1, 0.15) is 12.8 Å². The molecule has 1 aromatic carbocycles. The predicted molar refractivity (Wildman–Crippen MR) is 88.2 cm³/mol. The molecule has 2 aromatic rings. The Balaban J connectivity index is 1.45. The monoisotopic (exact) mass is 328 g/mol. The summed E-state index contributed by atoms with van der Waals surface area (Å²) in [4.78, 5) is 27.8. The van der Waals surface area contributed by atoms with E-state index in [2.05, 4.69) is 26.4 Å². The summed E-state index contributed by atoms with van der Waals surface area (Å²) in [5.41, 5.74) is 2.70. The van der Waals surface area contributed by atoms with E-state index < -0.39 is 6.04 Å². The maximum atomic E-state index is 12.1. The van der Waals surface area contributed by atoms with Crippen molar-refractivity contribution in [3.05, 3.63) is 30.5 Å². The minimum absolute atomic E-state index is 0.0637. The highest BCUT2D eigenvalue weighted by Crippen LogP contribution is 2.29. The largest absolute Gasteiger partial charge is 0.344 e. The van der Waals surface area contributed by atoms with E-state index in [4.69, 9.17) is 0 Å². The Morgan fingerprint density at radius 1 is 1.35 bits per heavy atom. The smallest absolute Gasteiger partial charge is 0.246 e. The van der Waals surface area contributed by atoms with Crippen LogP contribution in [0.3, 0.4) is 0 Å². The second-order valence-corrected chi connectivity index (χ2v) is 6.74. The van der Waals surface area contributed by atoms with Gasteiger partial charge in [0.1, 0.15) is 6.04 Å². The first kappa shape index (κ1) is 14.3. The number of imidazole rings is 1. The number of carbonyl (C=O) groups is 2. The molecule has 23 heavy (non-hydrogen) atoms. The van der Waals surface area contributed by atoms with Crippen molar-refractivity contribution in [3.63, 3.8) is 0 Å². The van der Waals surface area contributed by atoms with Crippen molar-refractivity contribution < 1.29 is 9.59 Å². The lowest BCUT2D eigenvalue weighted by atomic mass is 10.1. The SMILES string of the molecule is O=C1CC[C@@H](C(=O)Nc2ccc(-c3cn4c(n3)SCC4)cc2)N1. The Morgan fingerprint density at radius 2 is 2.17 bits per heavy atom. The molecule has 0 bridgehead atoms. The van der Waals surface area contributed by atoms with Gasteiger partial charge in [0.25, 0.3) is 0 Å². The van der Waals surface area contributed by atoms with Gasteiger partial charge in [-0.25, -0.2) is 4.98 Å². The van der Waals surface area contributed by atoms with Gasteiger partial charge in [-0.05, 0) is 18.6 Å². The summed E-state index contributed by atoms with van der Waals surface area (Å²) in [5, 5.41) is 6.57. The summed E-state index contributed by atoms with van der Waals surface area (Å²) in [6.45, 7) is 1.01. The number of aryl methyl sites for hydroxylation is 1. The molecular formula is C16H16N4O2S. The number of nitrogens with zero attached hydrogens (tertiary/aromatic N) is 2. The first-order valence-corrected chi connectivity index (χ1v) is 8.58. The number of nitrogens with one attached hydrogen (secondary N) is 2. The number of benzene rings is 1. The Kier molecular flexibility index (Phi) is 3.57. The lowest BCUT2D eigenvalue weighted by molar-refractivity contribution is -0.122. The van der Waals surface area contributed by atoms with Gasteiger partial charge < -0.3 is 15.2 Å². The molecule has 2 amide bonds. The molecule has 6 nitrogen and oxygen atoms in total. The van der Waals surface area contributed by atoms with Crippen LogP contribution in [0.25, 0.3) is 11.3 Å². The Hall–Kier alpha value is -2.28. The van der Waals surface area contributed by atoms with Crippen molar-refractivity contribution in [2.75, 3.05) is 11.1 Å². The third kappa shape index (κ3) is 2.84. The van der Waals surface area contributed by atoms with Crippen LogP contribution in [-0.2, 0) is 16.1 Å². The van der Waals surface area contributed by atoms with E-state index in [1.165, 1.54) is 0 Å². The Morgan fingerprint density at radius 3 is 2.87 bits per heavy atom. The molecule has 1 fully saturated rings. The fourth-order valence-electron chi connectivity index (χ4n) is 2.81. The third-order valence-corrected chi connectivity index (χ3v) is 5.03. The number of rotatable bonds is 3. The lowest BCUT2D eigenvalue weighted by Crippen LogP contribution is -2.37. The third-order valence-electron chi connectivity index (χ3n) is 4.06. The normalized spacial score (nSPS) is 19.5. The summed E-state index contributed by atoms with van der Waals surface area (Å²) in [7, 11) is 0. The van der Waals surface area contributed by atoms with Gasteiger partial charge in [-0.1, -0.05) is 23.9 Å². The average Bonchev–Trinajstić information content (AvgIpc) is 3.23. The second-order valence-electron chi connectivity index (χ2n) is 5.68. The minimum atomic E-state index is -0.421. The zero-order valence-corrected chi connectivity index (χ0v) is 13.2. The molecule has 2 aliphatic heterocycles. The van der Waals surface area contributed by atoms with E-state index in [-0.39, 0.29) is 11.8 Å². The number of thioether (sulfide) groups is 1. The zero-order valence-electron chi connectivity index (χ0n) is 12.4. The van der Waals surface area contributed by atoms with Gasteiger partial charge in [-0.15, -0.1) is 0 Å². The van der Waals surface area contributed by atoms with Gasteiger partial charge >= 0.3 is 0 Å². The van der Waals surface area contributed by atoms with E-state index in [1.807, 2.05) is 24.3 Å². The molecule has 1 saturated heterocycles. The van der Waals surface area contributed by atoms with Gasteiger partial charge in [-0.3, -0.25) is 9.59 Å². The van der Waals surface area contributed by atoms with Crippen molar-refractivity contribution >= 4 is 29.3 Å². The molecule has 4 rings (SSSR count). The van der Waals surface area contributed by atoms with Gasteiger partial charge in [0.2, 0.25) is 11.8 Å². The molecule has 2 aliphatic rings. The maximum Gasteiger partial charge on any atom is 0.246 e. The summed E-state index contributed by atoms with van der Waals surface area (Å²) < 4.78 is 2.17. The quantitative estimate of drug-likeness (QED) is 0.902. The summed E-state index contributed by atoms with van der Waals surface area (Å²) in [5.74, 6) is 0.859. The number of anilines is 1.